The molecule has 2 N–H and O–H groups in total. The van der Waals surface area contributed by atoms with Crippen LogP contribution >= 0.6 is 0 Å². The lowest BCUT2D eigenvalue weighted by Gasteiger charge is -2.12. The number of carbonyl (C=O) groups excluding carboxylic acids is 1. The summed E-state index contributed by atoms with van der Waals surface area (Å²) in [6, 6.07) is 0. The summed E-state index contributed by atoms with van der Waals surface area (Å²) in [7, 11) is 0. The normalized spacial score (nSPS) is 11.1. The van der Waals surface area contributed by atoms with E-state index in [1.807, 2.05) is 0 Å². The standard InChI is InChI=1S/C6H10O4/c1-6(2,10)4(7)3-5(8)9/h10H,3H2,1-2H3,(H,8,9). The summed E-state index contributed by atoms with van der Waals surface area (Å²) in [4.78, 5) is 20.6. The van der Waals surface area contributed by atoms with E-state index in [4.69, 9.17) is 10.2 Å². The number of carboxylic acid groups (broad SMARTS) is 1. The summed E-state index contributed by atoms with van der Waals surface area (Å²) in [5.41, 5.74) is -1.53. The van der Waals surface area contributed by atoms with Crippen molar-refractivity contribution in [3.8, 4) is 0 Å². The first-order valence-corrected chi connectivity index (χ1v) is 2.81. The predicted octanol–water partition coefficient (Wildman–Crippen LogP) is -0.199. The highest BCUT2D eigenvalue weighted by molar-refractivity contribution is 5.98. The molecule has 0 radical (unpaired) electrons. The molecule has 4 nitrogen and oxygen atoms in total. The maximum atomic E-state index is 10.6. The van der Waals surface area contributed by atoms with Crippen molar-refractivity contribution in [2.24, 2.45) is 0 Å². The molecule has 0 spiro atoms. The lowest BCUT2D eigenvalue weighted by Crippen LogP contribution is -2.32. The molecule has 0 saturated carbocycles. The third-order valence-electron chi connectivity index (χ3n) is 0.994. The SMILES string of the molecule is CC(C)(O)C(=O)CC(=O)O. The highest BCUT2D eigenvalue weighted by Gasteiger charge is 2.25. The van der Waals surface area contributed by atoms with E-state index in [1.54, 1.807) is 0 Å². The molecule has 0 aliphatic rings. The number of carboxylic acids is 1. The van der Waals surface area contributed by atoms with Crippen LogP contribution in [0.3, 0.4) is 0 Å². The van der Waals surface area contributed by atoms with Crippen molar-refractivity contribution in [1.82, 2.24) is 0 Å². The van der Waals surface area contributed by atoms with Gasteiger partial charge in [-0.3, -0.25) is 9.59 Å². The summed E-state index contributed by atoms with van der Waals surface area (Å²) in [5.74, 6) is -1.90. The van der Waals surface area contributed by atoms with Gasteiger partial charge in [-0.25, -0.2) is 0 Å². The molecule has 58 valence electrons. The van der Waals surface area contributed by atoms with E-state index in [0.29, 0.717) is 0 Å². The summed E-state index contributed by atoms with van der Waals surface area (Å²) >= 11 is 0. The third kappa shape index (κ3) is 3.19. The van der Waals surface area contributed by atoms with E-state index in [0.717, 1.165) is 0 Å². The van der Waals surface area contributed by atoms with Crippen molar-refractivity contribution >= 4 is 11.8 Å². The molecule has 0 amide bonds. The minimum Gasteiger partial charge on any atom is -0.481 e. The zero-order valence-electron chi connectivity index (χ0n) is 5.92. The quantitative estimate of drug-likeness (QED) is 0.541. The molecule has 0 aliphatic carbocycles. The maximum absolute atomic E-state index is 10.6. The Labute approximate surface area is 58.5 Å². The molecule has 10 heavy (non-hydrogen) atoms. The fourth-order valence-corrected chi connectivity index (χ4v) is 0.354. The van der Waals surface area contributed by atoms with Gasteiger partial charge in [0.2, 0.25) is 0 Å². The monoisotopic (exact) mass is 146 g/mol. The van der Waals surface area contributed by atoms with Crippen LogP contribution in [0, 0.1) is 0 Å². The van der Waals surface area contributed by atoms with Crippen LogP contribution in [-0.4, -0.2) is 27.6 Å². The van der Waals surface area contributed by atoms with Gasteiger partial charge in [0.1, 0.15) is 12.0 Å². The first-order valence-electron chi connectivity index (χ1n) is 2.81. The lowest BCUT2D eigenvalue weighted by molar-refractivity contribution is -0.145. The molecule has 4 heteroatoms. The summed E-state index contributed by atoms with van der Waals surface area (Å²) in [6.45, 7) is 2.52. The molecular weight excluding hydrogens is 136 g/mol. The van der Waals surface area contributed by atoms with Gasteiger partial charge >= 0.3 is 5.97 Å². The second-order valence-electron chi connectivity index (χ2n) is 2.55. The smallest absolute Gasteiger partial charge is 0.310 e. The van der Waals surface area contributed by atoms with Crippen molar-refractivity contribution in [1.29, 1.82) is 0 Å². The average Bonchev–Trinajstić information content (AvgIpc) is 1.60. The molecule has 0 unspecified atom stereocenters. The largest absolute Gasteiger partial charge is 0.481 e. The minimum atomic E-state index is -1.53. The van der Waals surface area contributed by atoms with Crippen LogP contribution in [0.5, 0.6) is 0 Å². The van der Waals surface area contributed by atoms with Gasteiger partial charge in [0.05, 0.1) is 0 Å². The van der Waals surface area contributed by atoms with Gasteiger partial charge in [-0.1, -0.05) is 0 Å². The zero-order chi connectivity index (χ0) is 8.36. The number of ketones is 1. The van der Waals surface area contributed by atoms with Crippen molar-refractivity contribution in [2.45, 2.75) is 25.9 Å². The fraction of sp³-hybridized carbons (Fsp3) is 0.667. The molecule has 0 atom stereocenters. The number of rotatable bonds is 3. The van der Waals surface area contributed by atoms with Crippen LogP contribution in [0.4, 0.5) is 0 Å². The predicted molar refractivity (Wildman–Crippen MR) is 33.6 cm³/mol. The van der Waals surface area contributed by atoms with E-state index >= 15 is 0 Å². The van der Waals surface area contributed by atoms with Crippen LogP contribution in [0.1, 0.15) is 20.3 Å². The second kappa shape index (κ2) is 2.79. The van der Waals surface area contributed by atoms with E-state index in [-0.39, 0.29) is 0 Å². The van der Waals surface area contributed by atoms with Gasteiger partial charge in [0, 0.05) is 0 Å². The van der Waals surface area contributed by atoms with Crippen LogP contribution < -0.4 is 0 Å². The molecule has 0 aliphatic heterocycles. The van der Waals surface area contributed by atoms with Gasteiger partial charge in [-0.2, -0.15) is 0 Å². The zero-order valence-corrected chi connectivity index (χ0v) is 5.92. The number of carbonyl (C=O) groups is 2. The Bertz CT molecular complexity index is 154. The summed E-state index contributed by atoms with van der Waals surface area (Å²) < 4.78 is 0. The van der Waals surface area contributed by atoms with Crippen LogP contribution in [0.25, 0.3) is 0 Å². The Morgan fingerprint density at radius 2 is 1.80 bits per heavy atom. The molecule has 0 aromatic heterocycles. The molecular formula is C6H10O4. The number of hydrogen-bond donors (Lipinski definition) is 2. The molecule has 0 rings (SSSR count). The number of aliphatic carboxylic acids is 1. The topological polar surface area (TPSA) is 74.6 Å². The second-order valence-corrected chi connectivity index (χ2v) is 2.55. The maximum Gasteiger partial charge on any atom is 0.310 e. The van der Waals surface area contributed by atoms with Crippen LogP contribution in [0.15, 0.2) is 0 Å². The molecule has 0 fully saturated rings. The highest BCUT2D eigenvalue weighted by atomic mass is 16.4. The Morgan fingerprint density at radius 1 is 1.40 bits per heavy atom. The Balaban J connectivity index is 3.99. The van der Waals surface area contributed by atoms with Crippen LogP contribution in [0.2, 0.25) is 0 Å². The number of Topliss-reactive ketones (excluding diaryl/α,β-unsaturated/α-hetero) is 1. The molecule has 0 aromatic carbocycles. The van der Waals surface area contributed by atoms with Gasteiger partial charge < -0.3 is 10.2 Å². The minimum absolute atomic E-state index is 0.622. The van der Waals surface area contributed by atoms with Crippen molar-refractivity contribution < 1.29 is 19.8 Å². The van der Waals surface area contributed by atoms with Crippen molar-refractivity contribution in [3.63, 3.8) is 0 Å². The first-order chi connectivity index (χ1) is 4.34. The van der Waals surface area contributed by atoms with E-state index < -0.39 is 23.8 Å². The summed E-state index contributed by atoms with van der Waals surface area (Å²) in [6.07, 6.45) is -0.622. The molecule has 0 bridgehead atoms. The number of hydrogen-bond acceptors (Lipinski definition) is 3. The lowest BCUT2D eigenvalue weighted by atomic mass is 10.0. The fourth-order valence-electron chi connectivity index (χ4n) is 0.354. The van der Waals surface area contributed by atoms with Crippen molar-refractivity contribution in [3.05, 3.63) is 0 Å². The van der Waals surface area contributed by atoms with E-state index in [2.05, 4.69) is 0 Å². The van der Waals surface area contributed by atoms with Gasteiger partial charge in [-0.05, 0) is 13.8 Å². The van der Waals surface area contributed by atoms with Crippen LogP contribution in [-0.2, 0) is 9.59 Å². The van der Waals surface area contributed by atoms with Gasteiger partial charge in [-0.15, -0.1) is 0 Å². The summed E-state index contributed by atoms with van der Waals surface area (Å²) in [5, 5.41) is 17.0. The Morgan fingerprint density at radius 3 is 1.90 bits per heavy atom. The van der Waals surface area contributed by atoms with E-state index in [1.165, 1.54) is 13.8 Å². The van der Waals surface area contributed by atoms with Crippen molar-refractivity contribution in [2.75, 3.05) is 0 Å². The first kappa shape index (κ1) is 9.10. The Kier molecular flexibility index (Phi) is 2.54. The molecule has 0 aromatic rings. The van der Waals surface area contributed by atoms with Gasteiger partial charge in [0.25, 0.3) is 0 Å². The average molecular weight is 146 g/mol. The number of aliphatic hydroxyl groups is 1. The van der Waals surface area contributed by atoms with Gasteiger partial charge in [0.15, 0.2) is 5.78 Å². The Hall–Kier alpha value is -0.900. The molecule has 0 heterocycles. The third-order valence-corrected chi connectivity index (χ3v) is 0.994. The van der Waals surface area contributed by atoms with E-state index in [9.17, 15) is 9.59 Å². The molecule has 0 saturated heterocycles. The highest BCUT2D eigenvalue weighted by Crippen LogP contribution is 2.04.